The van der Waals surface area contributed by atoms with Gasteiger partial charge in [0.25, 0.3) is 0 Å². The number of benzene rings is 1. The van der Waals surface area contributed by atoms with Gasteiger partial charge in [0.1, 0.15) is 17.0 Å². The standard InChI is InChI=1S/C18H25FN2O4/c1-17(2,3)25-16(24)20-18(15(22)23)8-10-21(11-9-18)12-13-4-6-14(19)7-5-13/h4-7H,8-12H2,1-3H3,(H,20,24)(H,22,23). The van der Waals surface area contributed by atoms with E-state index in [9.17, 15) is 19.1 Å². The molecule has 0 radical (unpaired) electrons. The number of aliphatic carboxylic acids is 1. The minimum absolute atomic E-state index is 0.281. The lowest BCUT2D eigenvalue weighted by Gasteiger charge is -2.39. The van der Waals surface area contributed by atoms with Crippen LogP contribution in [0, 0.1) is 5.82 Å². The first-order valence-electron chi connectivity index (χ1n) is 8.31. The summed E-state index contributed by atoms with van der Waals surface area (Å²) in [5, 5.41) is 12.2. The molecule has 7 heteroatoms. The molecule has 1 aliphatic rings. The van der Waals surface area contributed by atoms with Crippen molar-refractivity contribution in [2.45, 2.75) is 51.3 Å². The van der Waals surface area contributed by atoms with E-state index in [2.05, 4.69) is 10.2 Å². The number of nitrogens with zero attached hydrogens (tertiary/aromatic N) is 1. The molecule has 2 N–H and O–H groups in total. The minimum Gasteiger partial charge on any atom is -0.480 e. The Balaban J connectivity index is 1.96. The number of hydrogen-bond donors (Lipinski definition) is 2. The average Bonchev–Trinajstić information content (AvgIpc) is 2.49. The highest BCUT2D eigenvalue weighted by Gasteiger charge is 2.43. The van der Waals surface area contributed by atoms with Crippen LogP contribution in [-0.2, 0) is 16.1 Å². The van der Waals surface area contributed by atoms with Gasteiger partial charge in [-0.15, -0.1) is 0 Å². The molecule has 1 aromatic carbocycles. The number of hydrogen-bond acceptors (Lipinski definition) is 4. The summed E-state index contributed by atoms with van der Waals surface area (Å²) >= 11 is 0. The van der Waals surface area contributed by atoms with Crippen LogP contribution < -0.4 is 5.32 Å². The molecule has 25 heavy (non-hydrogen) atoms. The van der Waals surface area contributed by atoms with E-state index >= 15 is 0 Å². The van der Waals surface area contributed by atoms with Crippen LogP contribution in [0.3, 0.4) is 0 Å². The second-order valence-electron chi connectivity index (χ2n) is 7.42. The maximum atomic E-state index is 13.0. The van der Waals surface area contributed by atoms with Crippen molar-refractivity contribution in [3.63, 3.8) is 0 Å². The number of rotatable bonds is 4. The summed E-state index contributed by atoms with van der Waals surface area (Å²) in [6.45, 7) is 6.82. The number of carboxylic acids is 1. The van der Waals surface area contributed by atoms with Gasteiger partial charge in [-0.2, -0.15) is 0 Å². The maximum absolute atomic E-state index is 13.0. The van der Waals surface area contributed by atoms with E-state index < -0.39 is 23.2 Å². The summed E-state index contributed by atoms with van der Waals surface area (Å²) in [7, 11) is 0. The van der Waals surface area contributed by atoms with E-state index in [-0.39, 0.29) is 18.7 Å². The summed E-state index contributed by atoms with van der Waals surface area (Å²) in [5.74, 6) is -1.34. The van der Waals surface area contributed by atoms with Crippen molar-refractivity contribution in [2.24, 2.45) is 0 Å². The third kappa shape index (κ3) is 5.42. The summed E-state index contributed by atoms with van der Waals surface area (Å²) in [5.41, 5.74) is -1.04. The smallest absolute Gasteiger partial charge is 0.408 e. The molecule has 1 saturated heterocycles. The van der Waals surface area contributed by atoms with Gasteiger partial charge in [-0.3, -0.25) is 4.90 Å². The van der Waals surface area contributed by atoms with Gasteiger partial charge in [-0.1, -0.05) is 12.1 Å². The highest BCUT2D eigenvalue weighted by molar-refractivity contribution is 5.84. The highest BCUT2D eigenvalue weighted by Crippen LogP contribution is 2.25. The van der Waals surface area contributed by atoms with E-state index in [0.717, 1.165) is 5.56 Å². The molecule has 1 amide bonds. The topological polar surface area (TPSA) is 78.9 Å². The zero-order chi connectivity index (χ0) is 18.7. The molecule has 1 aliphatic heterocycles. The number of nitrogens with one attached hydrogen (secondary N) is 1. The van der Waals surface area contributed by atoms with Crippen LogP contribution in [-0.4, -0.2) is 46.3 Å². The normalized spacial score (nSPS) is 17.8. The van der Waals surface area contributed by atoms with Crippen molar-refractivity contribution >= 4 is 12.1 Å². The molecule has 6 nitrogen and oxygen atoms in total. The zero-order valence-corrected chi connectivity index (χ0v) is 14.8. The fourth-order valence-corrected chi connectivity index (χ4v) is 2.83. The second kappa shape index (κ2) is 7.39. The lowest BCUT2D eigenvalue weighted by Crippen LogP contribution is -2.60. The molecule has 0 bridgehead atoms. The van der Waals surface area contributed by atoms with Crippen LogP contribution in [0.4, 0.5) is 9.18 Å². The van der Waals surface area contributed by atoms with Gasteiger partial charge >= 0.3 is 12.1 Å². The number of carboxylic acid groups (broad SMARTS) is 1. The van der Waals surface area contributed by atoms with Gasteiger partial charge in [0.05, 0.1) is 0 Å². The Morgan fingerprint density at radius 3 is 2.28 bits per heavy atom. The van der Waals surface area contributed by atoms with Crippen molar-refractivity contribution in [2.75, 3.05) is 13.1 Å². The lowest BCUT2D eigenvalue weighted by molar-refractivity contribution is -0.147. The molecule has 1 heterocycles. The predicted molar refractivity (Wildman–Crippen MR) is 90.6 cm³/mol. The van der Waals surface area contributed by atoms with Crippen LogP contribution in [0.15, 0.2) is 24.3 Å². The van der Waals surface area contributed by atoms with E-state index in [1.807, 2.05) is 0 Å². The van der Waals surface area contributed by atoms with Crippen LogP contribution in [0.5, 0.6) is 0 Å². The Labute approximate surface area is 147 Å². The zero-order valence-electron chi connectivity index (χ0n) is 14.8. The number of ether oxygens (including phenoxy) is 1. The number of likely N-dealkylation sites (tertiary alicyclic amines) is 1. The van der Waals surface area contributed by atoms with E-state index in [0.29, 0.717) is 19.6 Å². The first kappa shape index (κ1) is 19.2. The Bertz CT molecular complexity index is 617. The Morgan fingerprint density at radius 2 is 1.80 bits per heavy atom. The van der Waals surface area contributed by atoms with E-state index in [1.165, 1.54) is 12.1 Å². The fourth-order valence-electron chi connectivity index (χ4n) is 2.83. The van der Waals surface area contributed by atoms with Crippen molar-refractivity contribution in [3.05, 3.63) is 35.6 Å². The van der Waals surface area contributed by atoms with Crippen molar-refractivity contribution in [1.29, 1.82) is 0 Å². The summed E-state index contributed by atoms with van der Waals surface area (Å²) < 4.78 is 18.2. The Kier molecular flexibility index (Phi) is 5.67. The molecule has 138 valence electrons. The maximum Gasteiger partial charge on any atom is 0.408 e. The molecule has 0 saturated carbocycles. The SMILES string of the molecule is CC(C)(C)OC(=O)NC1(C(=O)O)CCN(Cc2ccc(F)cc2)CC1. The lowest BCUT2D eigenvalue weighted by atomic mass is 9.87. The number of amides is 1. The number of alkyl carbamates (subject to hydrolysis) is 1. The van der Waals surface area contributed by atoms with Gasteiger partial charge in [-0.05, 0) is 51.3 Å². The molecule has 0 aliphatic carbocycles. The van der Waals surface area contributed by atoms with Crippen LogP contribution in [0.2, 0.25) is 0 Å². The monoisotopic (exact) mass is 352 g/mol. The summed E-state index contributed by atoms with van der Waals surface area (Å²) in [4.78, 5) is 25.8. The number of carbonyl (C=O) groups excluding carboxylic acids is 1. The Morgan fingerprint density at radius 1 is 1.24 bits per heavy atom. The molecule has 1 fully saturated rings. The van der Waals surface area contributed by atoms with Crippen LogP contribution >= 0.6 is 0 Å². The van der Waals surface area contributed by atoms with Gasteiger partial charge in [0.2, 0.25) is 0 Å². The Hall–Kier alpha value is -2.15. The second-order valence-corrected chi connectivity index (χ2v) is 7.42. The molecule has 2 rings (SSSR count). The minimum atomic E-state index is -1.32. The van der Waals surface area contributed by atoms with Gasteiger partial charge < -0.3 is 15.2 Å². The molecular formula is C18H25FN2O4. The van der Waals surface area contributed by atoms with Crippen molar-refractivity contribution < 1.29 is 23.8 Å². The van der Waals surface area contributed by atoms with Crippen molar-refractivity contribution in [3.8, 4) is 0 Å². The third-order valence-corrected chi connectivity index (χ3v) is 4.18. The number of carbonyl (C=O) groups is 2. The van der Waals surface area contributed by atoms with E-state index in [4.69, 9.17) is 4.74 Å². The summed E-state index contributed by atoms with van der Waals surface area (Å²) in [6, 6.07) is 6.25. The molecule has 1 aromatic rings. The molecule has 0 atom stereocenters. The van der Waals surface area contributed by atoms with Gasteiger partial charge in [-0.25, -0.2) is 14.0 Å². The highest BCUT2D eigenvalue weighted by atomic mass is 19.1. The molecule has 0 unspecified atom stereocenters. The molecule has 0 aromatic heterocycles. The molecule has 0 spiro atoms. The number of piperidine rings is 1. The van der Waals surface area contributed by atoms with Gasteiger partial charge in [0.15, 0.2) is 0 Å². The van der Waals surface area contributed by atoms with Crippen LogP contribution in [0.25, 0.3) is 0 Å². The van der Waals surface area contributed by atoms with Crippen molar-refractivity contribution in [1.82, 2.24) is 10.2 Å². The number of halogens is 1. The van der Waals surface area contributed by atoms with E-state index in [1.54, 1.807) is 32.9 Å². The average molecular weight is 352 g/mol. The fraction of sp³-hybridized carbons (Fsp3) is 0.556. The van der Waals surface area contributed by atoms with Crippen LogP contribution in [0.1, 0.15) is 39.2 Å². The van der Waals surface area contributed by atoms with Gasteiger partial charge in [0, 0.05) is 19.6 Å². The first-order valence-corrected chi connectivity index (χ1v) is 8.31. The predicted octanol–water partition coefficient (Wildman–Crippen LogP) is 2.77. The quantitative estimate of drug-likeness (QED) is 0.871. The third-order valence-electron chi connectivity index (χ3n) is 4.18. The first-order chi connectivity index (χ1) is 11.6. The largest absolute Gasteiger partial charge is 0.480 e. The summed E-state index contributed by atoms with van der Waals surface area (Å²) in [6.07, 6.45) is -0.159. The molecular weight excluding hydrogens is 327 g/mol.